The zero-order chi connectivity index (χ0) is 32.9. The third kappa shape index (κ3) is 8.38. The molecule has 3 aromatic rings. The molecule has 3 aliphatic rings. The number of nitrogens with zero attached hydrogens (tertiary/aromatic N) is 5. The Labute approximate surface area is 278 Å². The van der Waals surface area contributed by atoms with Crippen LogP contribution in [0.2, 0.25) is 0 Å². The lowest BCUT2D eigenvalue weighted by atomic mass is 9.78. The molecule has 2 aromatic heterocycles. The van der Waals surface area contributed by atoms with Crippen LogP contribution in [0.5, 0.6) is 0 Å². The number of fused-ring (bicyclic) bond motifs is 1. The van der Waals surface area contributed by atoms with E-state index in [2.05, 4.69) is 40.7 Å². The van der Waals surface area contributed by atoms with Gasteiger partial charge in [-0.05, 0) is 106 Å². The maximum absolute atomic E-state index is 13.8. The molecule has 2 fully saturated rings. The van der Waals surface area contributed by atoms with Crippen molar-refractivity contribution in [2.45, 2.75) is 103 Å². The number of aryl methyl sites for hydroxylation is 2. The van der Waals surface area contributed by atoms with Crippen LogP contribution in [0.1, 0.15) is 105 Å². The molecule has 3 N–H and O–H groups in total. The number of aliphatic carboxylic acids is 1. The SMILES string of the molecule is CC[C@@H](NCc1nc2c(c(N[C@@H](CN3CCC[C@H](C)C3)c3cnn(C)c3)n1)C[C@H](c1ccc(F)cc1)CC2)C1CCC(C(=O)O)CC1. The van der Waals surface area contributed by atoms with Crippen LogP contribution < -0.4 is 10.6 Å². The number of carboxylic acid groups (broad SMARTS) is 1. The molecule has 1 saturated heterocycles. The maximum atomic E-state index is 13.8. The van der Waals surface area contributed by atoms with Crippen LogP contribution in [0, 0.1) is 23.6 Å². The van der Waals surface area contributed by atoms with Crippen molar-refractivity contribution in [1.82, 2.24) is 30.0 Å². The number of nitrogens with one attached hydrogen (secondary N) is 2. The number of rotatable bonds is 12. The molecule has 10 heteroatoms. The monoisotopic (exact) mass is 645 g/mol. The molecule has 9 nitrogen and oxygen atoms in total. The Morgan fingerprint density at radius 3 is 2.57 bits per heavy atom. The number of anilines is 1. The number of halogens is 1. The predicted molar refractivity (Wildman–Crippen MR) is 182 cm³/mol. The first-order valence-corrected chi connectivity index (χ1v) is 17.8. The minimum atomic E-state index is -0.659. The molecular formula is C37H52FN7O2. The Bertz CT molecular complexity index is 1490. The first-order chi connectivity index (χ1) is 22.7. The highest BCUT2D eigenvalue weighted by atomic mass is 19.1. The van der Waals surface area contributed by atoms with E-state index in [1.165, 1.54) is 12.8 Å². The van der Waals surface area contributed by atoms with Crippen LogP contribution in [0.3, 0.4) is 0 Å². The number of piperidine rings is 1. The molecule has 1 aromatic carbocycles. The minimum absolute atomic E-state index is 0.0211. The highest BCUT2D eigenvalue weighted by molar-refractivity contribution is 5.70. The van der Waals surface area contributed by atoms with Crippen LogP contribution in [-0.4, -0.2) is 61.4 Å². The van der Waals surface area contributed by atoms with Gasteiger partial charge in [-0.25, -0.2) is 14.4 Å². The highest BCUT2D eigenvalue weighted by Gasteiger charge is 2.31. The Balaban J connectivity index is 1.26. The topological polar surface area (TPSA) is 108 Å². The molecule has 6 rings (SSSR count). The van der Waals surface area contributed by atoms with Crippen molar-refractivity contribution < 1.29 is 14.3 Å². The van der Waals surface area contributed by atoms with Crippen LogP contribution in [-0.2, 0) is 31.2 Å². The summed E-state index contributed by atoms with van der Waals surface area (Å²) in [6.07, 6.45) is 13.5. The second-order valence-electron chi connectivity index (χ2n) is 14.4. The highest BCUT2D eigenvalue weighted by Crippen LogP contribution is 2.37. The number of carbonyl (C=O) groups is 1. The van der Waals surface area contributed by atoms with E-state index < -0.39 is 5.97 Å². The van der Waals surface area contributed by atoms with Crippen molar-refractivity contribution in [1.29, 1.82) is 0 Å². The molecule has 0 amide bonds. The molecule has 47 heavy (non-hydrogen) atoms. The number of likely N-dealkylation sites (tertiary alicyclic amines) is 1. The fourth-order valence-electron chi connectivity index (χ4n) is 8.25. The predicted octanol–water partition coefficient (Wildman–Crippen LogP) is 6.27. The van der Waals surface area contributed by atoms with Crippen molar-refractivity contribution in [2.75, 3.05) is 25.0 Å². The van der Waals surface area contributed by atoms with Gasteiger partial charge in [0.1, 0.15) is 17.5 Å². The van der Waals surface area contributed by atoms with E-state index in [-0.39, 0.29) is 23.7 Å². The quantitative estimate of drug-likeness (QED) is 0.212. The van der Waals surface area contributed by atoms with Crippen LogP contribution >= 0.6 is 0 Å². The molecular weight excluding hydrogens is 593 g/mol. The fraction of sp³-hybridized carbons (Fsp3) is 0.622. The molecule has 4 atom stereocenters. The van der Waals surface area contributed by atoms with Gasteiger partial charge in [0, 0.05) is 49.2 Å². The van der Waals surface area contributed by atoms with Gasteiger partial charge in [-0.3, -0.25) is 9.48 Å². The van der Waals surface area contributed by atoms with Crippen LogP contribution in [0.4, 0.5) is 10.2 Å². The first-order valence-electron chi connectivity index (χ1n) is 17.8. The zero-order valence-electron chi connectivity index (χ0n) is 28.3. The number of hydrogen-bond acceptors (Lipinski definition) is 7. The summed E-state index contributed by atoms with van der Waals surface area (Å²) in [7, 11) is 1.96. The molecule has 0 spiro atoms. The molecule has 2 aliphatic carbocycles. The maximum Gasteiger partial charge on any atom is 0.306 e. The summed E-state index contributed by atoms with van der Waals surface area (Å²) in [6.45, 7) is 8.18. The van der Waals surface area contributed by atoms with Gasteiger partial charge in [0.15, 0.2) is 0 Å². The van der Waals surface area contributed by atoms with Crippen molar-refractivity contribution in [3.8, 4) is 0 Å². The van der Waals surface area contributed by atoms with Crippen molar-refractivity contribution >= 4 is 11.8 Å². The number of carboxylic acids is 1. The second kappa shape index (κ2) is 15.2. The standard InChI is InChI=1S/C37H52FN7O2/c1-4-32(26-7-9-27(10-8-26)37(46)47)39-20-35-41-33-16-13-28(25-11-14-30(38)15-12-25)18-31(33)36(43-35)42-34(29-19-40-44(3)22-29)23-45-17-5-6-24(2)21-45/h11-12,14-15,19,22,24,26-28,32,34,39H,4-10,13,16-18,20-21,23H2,1-3H3,(H,46,47)(H,41,42,43)/t24-,26?,27?,28+,32+,34-/m0/s1. The largest absolute Gasteiger partial charge is 0.481 e. The van der Waals surface area contributed by atoms with Gasteiger partial charge in [-0.15, -0.1) is 0 Å². The summed E-state index contributed by atoms with van der Waals surface area (Å²) < 4.78 is 15.6. The van der Waals surface area contributed by atoms with E-state index in [0.717, 1.165) is 105 Å². The van der Waals surface area contributed by atoms with Gasteiger partial charge < -0.3 is 20.6 Å². The van der Waals surface area contributed by atoms with Crippen LogP contribution in [0.15, 0.2) is 36.7 Å². The first kappa shape index (κ1) is 33.5. The van der Waals surface area contributed by atoms with Gasteiger partial charge >= 0.3 is 5.97 Å². The van der Waals surface area contributed by atoms with E-state index in [4.69, 9.17) is 9.97 Å². The minimum Gasteiger partial charge on any atom is -0.481 e. The zero-order valence-corrected chi connectivity index (χ0v) is 28.3. The van der Waals surface area contributed by atoms with Crippen molar-refractivity contribution in [2.24, 2.45) is 24.8 Å². The summed E-state index contributed by atoms with van der Waals surface area (Å²) in [4.78, 5) is 24.4. The van der Waals surface area contributed by atoms with Gasteiger partial charge in [-0.2, -0.15) is 5.10 Å². The molecule has 3 heterocycles. The van der Waals surface area contributed by atoms with Gasteiger partial charge in [0.05, 0.1) is 24.7 Å². The average Bonchev–Trinajstić information content (AvgIpc) is 3.51. The summed E-state index contributed by atoms with van der Waals surface area (Å²) in [5, 5.41) is 21.7. The third-order valence-corrected chi connectivity index (χ3v) is 10.9. The number of hydrogen-bond donors (Lipinski definition) is 3. The Morgan fingerprint density at radius 1 is 1.11 bits per heavy atom. The van der Waals surface area contributed by atoms with E-state index in [0.29, 0.717) is 24.4 Å². The summed E-state index contributed by atoms with van der Waals surface area (Å²) in [6, 6.07) is 7.28. The van der Waals surface area contributed by atoms with E-state index in [9.17, 15) is 14.3 Å². The Kier molecular flexibility index (Phi) is 10.9. The number of benzene rings is 1. The smallest absolute Gasteiger partial charge is 0.306 e. The van der Waals surface area contributed by atoms with E-state index in [1.54, 1.807) is 12.1 Å². The lowest BCUT2D eigenvalue weighted by Gasteiger charge is -2.35. The van der Waals surface area contributed by atoms with Gasteiger partial charge in [0.2, 0.25) is 0 Å². The van der Waals surface area contributed by atoms with Crippen molar-refractivity contribution in [3.05, 3.63) is 70.7 Å². The second-order valence-corrected chi connectivity index (χ2v) is 14.4. The molecule has 0 bridgehead atoms. The Hall–Kier alpha value is -3.37. The fourth-order valence-corrected chi connectivity index (χ4v) is 8.25. The third-order valence-electron chi connectivity index (χ3n) is 10.9. The molecule has 254 valence electrons. The lowest BCUT2D eigenvalue weighted by molar-refractivity contribution is -0.143. The van der Waals surface area contributed by atoms with Crippen molar-refractivity contribution in [3.63, 3.8) is 0 Å². The van der Waals surface area contributed by atoms with E-state index in [1.807, 2.05) is 30.1 Å². The molecule has 1 aliphatic heterocycles. The number of aromatic nitrogens is 4. The summed E-state index contributed by atoms with van der Waals surface area (Å²) in [5.74, 6) is 2.04. The molecule has 1 saturated carbocycles. The van der Waals surface area contributed by atoms with Gasteiger partial charge in [0.25, 0.3) is 0 Å². The van der Waals surface area contributed by atoms with Gasteiger partial charge in [-0.1, -0.05) is 26.0 Å². The molecule has 0 unspecified atom stereocenters. The summed E-state index contributed by atoms with van der Waals surface area (Å²) in [5.41, 5.74) is 4.56. The molecule has 0 radical (unpaired) electrons. The van der Waals surface area contributed by atoms with E-state index >= 15 is 0 Å². The summed E-state index contributed by atoms with van der Waals surface area (Å²) >= 11 is 0. The lowest BCUT2D eigenvalue weighted by Crippen LogP contribution is -2.39. The Morgan fingerprint density at radius 2 is 1.89 bits per heavy atom. The average molecular weight is 646 g/mol. The van der Waals surface area contributed by atoms with Crippen LogP contribution in [0.25, 0.3) is 0 Å². The normalized spacial score (nSPS) is 24.8.